The third-order valence-corrected chi connectivity index (χ3v) is 6.88. The molecule has 10 nitrogen and oxygen atoms in total. The van der Waals surface area contributed by atoms with Gasteiger partial charge in [0.15, 0.2) is 0 Å². The Balaban J connectivity index is 2.25. The summed E-state index contributed by atoms with van der Waals surface area (Å²) in [5.74, 6) is -3.90. The first-order valence-corrected chi connectivity index (χ1v) is 10.7. The van der Waals surface area contributed by atoms with Gasteiger partial charge in [-0.25, -0.2) is 0 Å². The number of fused-ring (bicyclic) bond motifs is 1. The lowest BCUT2D eigenvalue weighted by Gasteiger charge is -2.34. The van der Waals surface area contributed by atoms with E-state index in [-0.39, 0.29) is 30.2 Å². The number of hydrogen-bond acceptors (Lipinski definition) is 10. The number of aromatic hydroxyl groups is 1. The van der Waals surface area contributed by atoms with E-state index in [4.69, 9.17) is 9.47 Å². The van der Waals surface area contributed by atoms with Crippen molar-refractivity contribution in [1.82, 2.24) is 4.98 Å². The molecule has 1 aromatic heterocycles. The predicted molar refractivity (Wildman–Crippen MR) is 108 cm³/mol. The summed E-state index contributed by atoms with van der Waals surface area (Å²) in [6.07, 6.45) is 0. The topological polar surface area (TPSA) is 149 Å². The molecule has 0 unspecified atom stereocenters. The molecule has 0 bridgehead atoms. The zero-order valence-electron chi connectivity index (χ0n) is 15.9. The maximum Gasteiger partial charge on any atom is 0.320 e. The largest absolute Gasteiger partial charge is 0.508 e. The van der Waals surface area contributed by atoms with Crippen LogP contribution in [-0.2, 0) is 19.1 Å². The monoisotopic (exact) mass is 454 g/mol. The van der Waals surface area contributed by atoms with Crippen molar-refractivity contribution >= 4 is 40.7 Å². The Morgan fingerprint density at radius 1 is 1.23 bits per heavy atom. The summed E-state index contributed by atoms with van der Waals surface area (Å²) in [4.78, 5) is 50.8. The van der Waals surface area contributed by atoms with Crippen LogP contribution in [0.3, 0.4) is 0 Å². The number of phenols is 1. The molecule has 12 heteroatoms. The number of thioether (sulfide) groups is 1. The second-order valence-corrected chi connectivity index (χ2v) is 8.42. The van der Waals surface area contributed by atoms with Crippen LogP contribution in [0.5, 0.6) is 5.75 Å². The van der Waals surface area contributed by atoms with Gasteiger partial charge in [0.1, 0.15) is 11.0 Å². The molecular weight excluding hydrogens is 436 g/mol. The van der Waals surface area contributed by atoms with Crippen molar-refractivity contribution in [3.05, 3.63) is 48.4 Å². The molecule has 0 aliphatic carbocycles. The highest BCUT2D eigenvalue weighted by molar-refractivity contribution is 8.00. The van der Waals surface area contributed by atoms with Gasteiger partial charge in [0.2, 0.25) is 0 Å². The maximum absolute atomic E-state index is 12.9. The number of nitro benzene ring substituents is 1. The molecule has 30 heavy (non-hydrogen) atoms. The van der Waals surface area contributed by atoms with E-state index >= 15 is 0 Å². The number of nitrogens with zero attached hydrogens (tertiary/aromatic N) is 1. The molecule has 1 aliphatic rings. The summed E-state index contributed by atoms with van der Waals surface area (Å²) in [6.45, 7) is 3.34. The molecular formula is C18H18N2O8S2. The fraction of sp³-hybridized carbons (Fsp3) is 0.389. The van der Waals surface area contributed by atoms with E-state index in [2.05, 4.69) is 4.98 Å². The number of benzene rings is 1. The van der Waals surface area contributed by atoms with Gasteiger partial charge in [0.25, 0.3) is 5.69 Å². The third-order valence-electron chi connectivity index (χ3n) is 4.49. The molecule has 0 fully saturated rings. The summed E-state index contributed by atoms with van der Waals surface area (Å²) in [5, 5.41) is 21.0. The van der Waals surface area contributed by atoms with Crippen molar-refractivity contribution < 1.29 is 29.1 Å². The molecule has 1 aromatic carbocycles. The van der Waals surface area contributed by atoms with E-state index in [0.29, 0.717) is 9.90 Å². The van der Waals surface area contributed by atoms with Gasteiger partial charge in [0, 0.05) is 28.5 Å². The lowest BCUT2D eigenvalue weighted by atomic mass is 9.81. The van der Waals surface area contributed by atoms with Crippen molar-refractivity contribution in [3.8, 4) is 5.75 Å². The Labute approximate surface area is 178 Å². The molecule has 0 saturated heterocycles. The number of carbonyl (C=O) groups is 2. The average Bonchev–Trinajstić information content (AvgIpc) is 3.07. The number of phenolic OH excluding ortho intramolecular Hbond substituents is 1. The molecule has 0 amide bonds. The number of hydrogen-bond donors (Lipinski definition) is 2. The number of rotatable bonds is 6. The van der Waals surface area contributed by atoms with Gasteiger partial charge in [-0.2, -0.15) is 0 Å². The number of esters is 2. The summed E-state index contributed by atoms with van der Waals surface area (Å²) in [5.41, 5.74) is -0.255. The number of nitro groups is 1. The van der Waals surface area contributed by atoms with E-state index in [0.717, 1.165) is 41.3 Å². The zero-order chi connectivity index (χ0) is 22.0. The highest BCUT2D eigenvalue weighted by atomic mass is 32.2. The Hall–Kier alpha value is -2.86. The minimum absolute atomic E-state index is 0.0411. The van der Waals surface area contributed by atoms with Crippen LogP contribution in [0.2, 0.25) is 0 Å². The number of nitrogens with one attached hydrogen (secondary N) is 1. The fourth-order valence-corrected chi connectivity index (χ4v) is 5.77. The molecule has 0 saturated carbocycles. The lowest BCUT2D eigenvalue weighted by molar-refractivity contribution is -0.385. The number of aromatic amines is 1. The normalized spacial score (nSPS) is 20.3. The van der Waals surface area contributed by atoms with Gasteiger partial charge in [-0.15, -0.1) is 0 Å². The Morgan fingerprint density at radius 2 is 1.90 bits per heavy atom. The number of aromatic nitrogens is 1. The van der Waals surface area contributed by atoms with E-state index in [1.807, 2.05) is 0 Å². The van der Waals surface area contributed by atoms with Gasteiger partial charge in [-0.1, -0.05) is 23.1 Å². The highest BCUT2D eigenvalue weighted by Gasteiger charge is 2.50. The summed E-state index contributed by atoms with van der Waals surface area (Å²) in [7, 11) is 0. The van der Waals surface area contributed by atoms with Crippen molar-refractivity contribution in [2.24, 2.45) is 5.92 Å². The average molecular weight is 454 g/mol. The van der Waals surface area contributed by atoms with E-state index in [1.165, 1.54) is 0 Å². The molecule has 3 atom stereocenters. The highest BCUT2D eigenvalue weighted by Crippen LogP contribution is 2.51. The van der Waals surface area contributed by atoms with Gasteiger partial charge in [-0.05, 0) is 19.9 Å². The van der Waals surface area contributed by atoms with E-state index < -0.39 is 38.8 Å². The zero-order valence-corrected chi connectivity index (χ0v) is 17.6. The minimum atomic E-state index is -1.17. The number of H-pyrrole nitrogens is 1. The van der Waals surface area contributed by atoms with Crippen LogP contribution in [-0.4, -0.2) is 45.4 Å². The standard InChI is InChI=1S/C18H18N2O8S2/c1-3-27-16(22)12-11(9-7-8(20(25)26)5-6-10(9)21)13-15(19-18(24)30-13)29-14(12)17(23)28-4-2/h5-7,11-12,14,21H,3-4H2,1-2H3,(H,19,24)/t11-,12-,14-/m1/s1. The molecule has 0 spiro atoms. The maximum atomic E-state index is 12.9. The third kappa shape index (κ3) is 4.05. The number of carbonyl (C=O) groups excluding carboxylic acids is 2. The fourth-order valence-electron chi connectivity index (χ4n) is 3.31. The summed E-state index contributed by atoms with van der Waals surface area (Å²) < 4.78 is 10.3. The lowest BCUT2D eigenvalue weighted by Crippen LogP contribution is -2.41. The van der Waals surface area contributed by atoms with E-state index in [9.17, 15) is 29.6 Å². The van der Waals surface area contributed by atoms with Crippen LogP contribution in [0.25, 0.3) is 0 Å². The molecule has 160 valence electrons. The minimum Gasteiger partial charge on any atom is -0.508 e. The first-order chi connectivity index (χ1) is 14.3. The molecule has 2 heterocycles. The van der Waals surface area contributed by atoms with Gasteiger partial charge >= 0.3 is 16.8 Å². The Morgan fingerprint density at radius 3 is 2.53 bits per heavy atom. The van der Waals surface area contributed by atoms with Crippen LogP contribution in [0.4, 0.5) is 5.69 Å². The van der Waals surface area contributed by atoms with Crippen molar-refractivity contribution in [2.45, 2.75) is 30.0 Å². The molecule has 3 rings (SSSR count). The van der Waals surface area contributed by atoms with Crippen molar-refractivity contribution in [1.29, 1.82) is 0 Å². The molecule has 0 radical (unpaired) electrons. The summed E-state index contributed by atoms with van der Waals surface area (Å²) >= 11 is 1.78. The Bertz CT molecular complexity index is 1050. The van der Waals surface area contributed by atoms with Gasteiger partial charge in [0.05, 0.1) is 29.1 Å². The first-order valence-electron chi connectivity index (χ1n) is 8.98. The Kier molecular flexibility index (Phi) is 6.46. The summed E-state index contributed by atoms with van der Waals surface area (Å²) in [6, 6.07) is 3.41. The van der Waals surface area contributed by atoms with Gasteiger partial charge in [-0.3, -0.25) is 24.5 Å². The van der Waals surface area contributed by atoms with Crippen LogP contribution >= 0.6 is 23.1 Å². The van der Waals surface area contributed by atoms with Crippen molar-refractivity contribution in [3.63, 3.8) is 0 Å². The number of ether oxygens (including phenoxy) is 2. The SMILES string of the molecule is CCOC(=O)[C@@H]1[C@@H](c2cc([N+](=O)[O-])ccc2O)c2sc(=O)[nH]c2S[C@H]1C(=O)OCC. The first kappa shape index (κ1) is 21.8. The van der Waals surface area contributed by atoms with Crippen LogP contribution in [0.1, 0.15) is 30.2 Å². The van der Waals surface area contributed by atoms with Crippen molar-refractivity contribution in [2.75, 3.05) is 13.2 Å². The molecule has 1 aliphatic heterocycles. The predicted octanol–water partition coefficient (Wildman–Crippen LogP) is 2.40. The molecule has 2 aromatic rings. The smallest absolute Gasteiger partial charge is 0.320 e. The quantitative estimate of drug-likeness (QED) is 0.381. The van der Waals surface area contributed by atoms with Crippen LogP contribution < -0.4 is 4.87 Å². The van der Waals surface area contributed by atoms with E-state index in [1.54, 1.807) is 13.8 Å². The van der Waals surface area contributed by atoms with Crippen LogP contribution in [0.15, 0.2) is 28.0 Å². The number of thiazole rings is 1. The van der Waals surface area contributed by atoms with Gasteiger partial charge < -0.3 is 19.6 Å². The van der Waals surface area contributed by atoms with Crippen LogP contribution in [0, 0.1) is 16.0 Å². The number of non-ortho nitro benzene ring substituents is 1. The molecule has 2 N–H and O–H groups in total. The second-order valence-electron chi connectivity index (χ2n) is 6.25. The second kappa shape index (κ2) is 8.88.